The maximum atomic E-state index is 13.8. The number of methoxy groups -OCH3 is 1. The Morgan fingerprint density at radius 2 is 1.81 bits per heavy atom. The van der Waals surface area contributed by atoms with Crippen molar-refractivity contribution in [1.29, 1.82) is 0 Å². The lowest BCUT2D eigenvalue weighted by Crippen LogP contribution is -2.49. The zero-order valence-electron chi connectivity index (χ0n) is 23.8. The Kier molecular flexibility index (Phi) is 9.31. The molecular weight excluding hydrogens is 563 g/mol. The van der Waals surface area contributed by atoms with E-state index in [-0.39, 0.29) is 11.6 Å². The fraction of sp³-hybridized carbons (Fsp3) is 0.367. The number of carbonyl (C=O) groups is 1. The highest BCUT2D eigenvalue weighted by Gasteiger charge is 2.35. The van der Waals surface area contributed by atoms with Crippen LogP contribution in [0.3, 0.4) is 0 Å². The van der Waals surface area contributed by atoms with E-state index in [1.165, 1.54) is 13.2 Å². The van der Waals surface area contributed by atoms with E-state index < -0.39 is 23.5 Å². The summed E-state index contributed by atoms with van der Waals surface area (Å²) in [6.45, 7) is 8.74. The molecule has 2 aliphatic rings. The second-order valence-corrected chi connectivity index (χ2v) is 10.2. The van der Waals surface area contributed by atoms with E-state index in [0.29, 0.717) is 23.2 Å². The Balaban J connectivity index is 1.31. The van der Waals surface area contributed by atoms with Crippen LogP contribution in [0, 0.1) is 0 Å². The number of ether oxygens (including phenoxy) is 2. The van der Waals surface area contributed by atoms with E-state index in [4.69, 9.17) is 9.47 Å². The van der Waals surface area contributed by atoms with Crippen molar-refractivity contribution in [1.82, 2.24) is 14.9 Å². The van der Waals surface area contributed by atoms with Crippen LogP contribution in [0.25, 0.3) is 0 Å². The Bertz CT molecular complexity index is 1440. The molecule has 3 heterocycles. The maximum Gasteiger partial charge on any atom is 0.421 e. The Hall–Kier alpha value is -4.36. The number of hydrogen-bond acceptors (Lipinski definition) is 9. The van der Waals surface area contributed by atoms with Gasteiger partial charge in [0.05, 0.1) is 26.0 Å². The van der Waals surface area contributed by atoms with Gasteiger partial charge in [0, 0.05) is 61.5 Å². The van der Waals surface area contributed by atoms with Gasteiger partial charge in [0.25, 0.3) is 0 Å². The lowest BCUT2D eigenvalue weighted by molar-refractivity contribution is -0.137. The summed E-state index contributed by atoms with van der Waals surface area (Å²) in [7, 11) is 1.54. The Labute approximate surface area is 247 Å². The van der Waals surface area contributed by atoms with Crippen molar-refractivity contribution in [3.63, 3.8) is 0 Å². The first-order valence-corrected chi connectivity index (χ1v) is 14.0. The van der Waals surface area contributed by atoms with Crippen molar-refractivity contribution in [2.24, 2.45) is 0 Å². The van der Waals surface area contributed by atoms with Crippen molar-refractivity contribution >= 4 is 40.4 Å². The molecule has 3 N–H and O–H groups in total. The fourth-order valence-electron chi connectivity index (χ4n) is 5.28. The molecule has 2 fully saturated rings. The van der Waals surface area contributed by atoms with E-state index in [1.54, 1.807) is 18.2 Å². The number of nitrogens with zero attached hydrogens (tertiary/aromatic N) is 4. The number of aromatic nitrogens is 2. The average Bonchev–Trinajstić information content (AvgIpc) is 3.01. The van der Waals surface area contributed by atoms with E-state index in [2.05, 4.69) is 42.3 Å². The normalized spacial score (nSPS) is 16.4. The number of alkyl halides is 3. The predicted octanol–water partition coefficient (Wildman–Crippen LogP) is 5.42. The van der Waals surface area contributed by atoms with Crippen LogP contribution in [-0.4, -0.2) is 73.3 Å². The van der Waals surface area contributed by atoms with Gasteiger partial charge in [-0.3, -0.25) is 9.69 Å². The first kappa shape index (κ1) is 30.1. The molecule has 0 aliphatic carbocycles. The molecule has 0 spiro atoms. The highest BCUT2D eigenvalue weighted by atomic mass is 19.4. The second-order valence-electron chi connectivity index (χ2n) is 10.2. The largest absolute Gasteiger partial charge is 0.494 e. The molecule has 0 bridgehead atoms. The minimum absolute atomic E-state index is 0.0519. The van der Waals surface area contributed by atoms with Crippen molar-refractivity contribution < 1.29 is 27.4 Å². The molecule has 2 saturated heterocycles. The van der Waals surface area contributed by atoms with E-state index in [0.717, 1.165) is 70.2 Å². The van der Waals surface area contributed by atoms with Crippen LogP contribution in [0.15, 0.2) is 61.3 Å². The van der Waals surface area contributed by atoms with Crippen LogP contribution in [0.1, 0.15) is 18.4 Å². The summed E-state index contributed by atoms with van der Waals surface area (Å²) in [6, 6.07) is 12.5. The molecule has 0 atom stereocenters. The van der Waals surface area contributed by atoms with Crippen molar-refractivity contribution in [3.8, 4) is 5.75 Å². The van der Waals surface area contributed by atoms with Gasteiger partial charge in [0.2, 0.25) is 11.9 Å². The SMILES string of the molecule is C=CC(=O)Nc1cccc(Nc2nc(Nc3ccc(N4CCC(N5CCOCC5)CC4)cc3OC)ncc2C(F)(F)F)c1. The Morgan fingerprint density at radius 1 is 1.07 bits per heavy atom. The Morgan fingerprint density at radius 3 is 2.51 bits per heavy atom. The van der Waals surface area contributed by atoms with Crippen molar-refractivity contribution in [2.45, 2.75) is 25.1 Å². The third-order valence-corrected chi connectivity index (χ3v) is 7.50. The number of carbonyl (C=O) groups excluding carboxylic acids is 1. The van der Waals surface area contributed by atoms with Crippen molar-refractivity contribution in [3.05, 3.63) is 66.9 Å². The molecule has 0 unspecified atom stereocenters. The fourth-order valence-corrected chi connectivity index (χ4v) is 5.28. The van der Waals surface area contributed by atoms with Gasteiger partial charge < -0.3 is 30.3 Å². The molecule has 10 nitrogen and oxygen atoms in total. The summed E-state index contributed by atoms with van der Waals surface area (Å²) in [5.74, 6) is -0.435. The standard InChI is InChI=1S/C30H34F3N7O3/c1-3-27(41)35-20-5-4-6-21(17-20)36-28-24(30(31,32)33)19-34-29(38-28)37-25-8-7-23(18-26(25)42-2)39-11-9-22(10-12-39)40-13-15-43-16-14-40/h3-8,17-19,22H,1,9-16H2,2H3,(H,35,41)(H2,34,36,37,38). The van der Waals surface area contributed by atoms with Gasteiger partial charge >= 0.3 is 6.18 Å². The number of hydrogen-bond donors (Lipinski definition) is 3. The predicted molar refractivity (Wildman–Crippen MR) is 159 cm³/mol. The maximum absolute atomic E-state index is 13.8. The highest BCUT2D eigenvalue weighted by molar-refractivity contribution is 5.99. The summed E-state index contributed by atoms with van der Waals surface area (Å²) >= 11 is 0. The molecular formula is C30H34F3N7O3. The first-order chi connectivity index (χ1) is 20.7. The number of morpholine rings is 1. The molecule has 1 aromatic heterocycles. The molecule has 13 heteroatoms. The van der Waals surface area contributed by atoms with Gasteiger partial charge in [-0.15, -0.1) is 0 Å². The van der Waals surface area contributed by atoms with E-state index in [9.17, 15) is 18.0 Å². The number of amides is 1. The van der Waals surface area contributed by atoms with Gasteiger partial charge in [0.1, 0.15) is 17.1 Å². The number of rotatable bonds is 9. The molecule has 2 aromatic carbocycles. The van der Waals surface area contributed by atoms with Crippen LogP contribution in [0.5, 0.6) is 5.75 Å². The molecule has 2 aliphatic heterocycles. The molecule has 0 saturated carbocycles. The van der Waals surface area contributed by atoms with Gasteiger partial charge in [-0.2, -0.15) is 18.2 Å². The van der Waals surface area contributed by atoms with E-state index >= 15 is 0 Å². The molecule has 3 aromatic rings. The first-order valence-electron chi connectivity index (χ1n) is 14.0. The minimum Gasteiger partial charge on any atom is -0.494 e. The van der Waals surface area contributed by atoms with Crippen LogP contribution >= 0.6 is 0 Å². The monoisotopic (exact) mass is 597 g/mol. The van der Waals surface area contributed by atoms with Crippen LogP contribution in [-0.2, 0) is 15.7 Å². The number of anilines is 6. The van der Waals surface area contributed by atoms with Gasteiger partial charge in [0.15, 0.2) is 0 Å². The zero-order valence-corrected chi connectivity index (χ0v) is 23.8. The molecule has 5 rings (SSSR count). The molecule has 1 amide bonds. The summed E-state index contributed by atoms with van der Waals surface area (Å²) in [5.41, 5.74) is 1.14. The van der Waals surface area contributed by atoms with Gasteiger partial charge in [-0.05, 0) is 49.2 Å². The summed E-state index contributed by atoms with van der Waals surface area (Å²) in [4.78, 5) is 24.5. The van der Waals surface area contributed by atoms with Crippen LogP contribution < -0.4 is 25.6 Å². The summed E-state index contributed by atoms with van der Waals surface area (Å²) < 4.78 is 52.6. The zero-order chi connectivity index (χ0) is 30.4. The number of halogens is 3. The lowest BCUT2D eigenvalue weighted by atomic mass is 10.0. The number of benzene rings is 2. The summed E-state index contributed by atoms with van der Waals surface area (Å²) in [5, 5.41) is 8.28. The topological polar surface area (TPSA) is 104 Å². The molecule has 43 heavy (non-hydrogen) atoms. The third kappa shape index (κ3) is 7.54. The van der Waals surface area contributed by atoms with Crippen LogP contribution in [0.4, 0.5) is 47.7 Å². The minimum atomic E-state index is -4.70. The van der Waals surface area contributed by atoms with Gasteiger partial charge in [-0.1, -0.05) is 12.6 Å². The highest BCUT2D eigenvalue weighted by Crippen LogP contribution is 2.37. The smallest absolute Gasteiger partial charge is 0.421 e. The average molecular weight is 598 g/mol. The number of piperidine rings is 1. The van der Waals surface area contributed by atoms with Gasteiger partial charge in [-0.25, -0.2) is 4.98 Å². The second kappa shape index (κ2) is 13.3. The quantitative estimate of drug-likeness (QED) is 0.279. The van der Waals surface area contributed by atoms with E-state index in [1.807, 2.05) is 18.2 Å². The molecule has 228 valence electrons. The lowest BCUT2D eigenvalue weighted by Gasteiger charge is -2.40. The third-order valence-electron chi connectivity index (χ3n) is 7.50. The van der Waals surface area contributed by atoms with Crippen LogP contribution in [0.2, 0.25) is 0 Å². The number of nitrogens with one attached hydrogen (secondary N) is 3. The van der Waals surface area contributed by atoms with Crippen molar-refractivity contribution in [2.75, 3.05) is 67.4 Å². The molecule has 0 radical (unpaired) electrons. The summed E-state index contributed by atoms with van der Waals surface area (Å²) in [6.07, 6.45) is -0.772.